The predicted molar refractivity (Wildman–Crippen MR) is 83.8 cm³/mol. The molecule has 20 heavy (non-hydrogen) atoms. The fourth-order valence-corrected chi connectivity index (χ4v) is 2.48. The van der Waals surface area contributed by atoms with Crippen LogP contribution in [0.4, 0.5) is 5.69 Å². The summed E-state index contributed by atoms with van der Waals surface area (Å²) in [5, 5.41) is 4.75. The Bertz CT molecular complexity index is 639. The lowest BCUT2D eigenvalue weighted by atomic mass is 10.1. The van der Waals surface area contributed by atoms with Gasteiger partial charge in [-0.25, -0.2) is 0 Å². The summed E-state index contributed by atoms with van der Waals surface area (Å²) in [6.07, 6.45) is 0. The van der Waals surface area contributed by atoms with Gasteiger partial charge in [0.2, 0.25) is 5.91 Å². The van der Waals surface area contributed by atoms with E-state index in [1.54, 1.807) is 36.4 Å². The fourth-order valence-electron chi connectivity index (χ4n) is 1.72. The number of carbonyl (C=O) groups is 1. The Labute approximate surface area is 131 Å². The van der Waals surface area contributed by atoms with Gasteiger partial charge in [-0.15, -0.1) is 0 Å². The molecule has 0 aliphatic carbocycles. The lowest BCUT2D eigenvalue weighted by Gasteiger charge is -2.10. The topological polar surface area (TPSA) is 55.1 Å². The summed E-state index contributed by atoms with van der Waals surface area (Å²) in [5.74, 6) is -0.504. The van der Waals surface area contributed by atoms with Gasteiger partial charge in [-0.3, -0.25) is 4.79 Å². The van der Waals surface area contributed by atoms with E-state index in [1.807, 2.05) is 0 Å². The maximum absolute atomic E-state index is 11.1. The number of nitrogens with two attached hydrogens (primary N) is 1. The average Bonchev–Trinajstić information content (AvgIpc) is 2.36. The highest BCUT2D eigenvalue weighted by atomic mass is 35.5. The summed E-state index contributed by atoms with van der Waals surface area (Å²) in [6, 6.07) is 10.1. The van der Waals surface area contributed by atoms with Gasteiger partial charge in [-0.1, -0.05) is 34.8 Å². The Morgan fingerprint density at radius 2 is 1.70 bits per heavy atom. The zero-order valence-electron chi connectivity index (χ0n) is 10.3. The predicted octanol–water partition coefficient (Wildman–Crippen LogP) is 4.36. The van der Waals surface area contributed by atoms with Crippen molar-refractivity contribution in [1.29, 1.82) is 0 Å². The van der Waals surface area contributed by atoms with E-state index in [0.717, 1.165) is 5.56 Å². The molecule has 6 heteroatoms. The molecule has 0 aliphatic rings. The third kappa shape index (κ3) is 3.79. The lowest BCUT2D eigenvalue weighted by molar-refractivity contribution is 0.100. The van der Waals surface area contributed by atoms with Crippen molar-refractivity contribution in [2.24, 2.45) is 5.73 Å². The van der Waals surface area contributed by atoms with Crippen LogP contribution in [-0.2, 0) is 6.54 Å². The summed E-state index contributed by atoms with van der Waals surface area (Å²) in [6.45, 7) is 0.474. The monoisotopic (exact) mass is 328 g/mol. The second kappa shape index (κ2) is 6.35. The SMILES string of the molecule is NC(=O)c1ccc(Cl)c(NCc2cc(Cl)cc(Cl)c2)c1. The number of hydrogen-bond acceptors (Lipinski definition) is 2. The smallest absolute Gasteiger partial charge is 0.248 e. The summed E-state index contributed by atoms with van der Waals surface area (Å²) >= 11 is 17.9. The highest BCUT2D eigenvalue weighted by Gasteiger charge is 2.06. The Balaban J connectivity index is 2.18. The number of benzene rings is 2. The molecule has 1 amide bonds. The van der Waals surface area contributed by atoms with Crippen molar-refractivity contribution in [1.82, 2.24) is 0 Å². The van der Waals surface area contributed by atoms with E-state index in [0.29, 0.717) is 32.9 Å². The fraction of sp³-hybridized carbons (Fsp3) is 0.0714. The molecule has 3 nitrogen and oxygen atoms in total. The molecular weight excluding hydrogens is 319 g/mol. The number of nitrogens with one attached hydrogen (secondary N) is 1. The van der Waals surface area contributed by atoms with Gasteiger partial charge in [0, 0.05) is 22.2 Å². The molecular formula is C14H11Cl3N2O. The van der Waals surface area contributed by atoms with E-state index in [4.69, 9.17) is 40.5 Å². The van der Waals surface area contributed by atoms with Crippen LogP contribution in [-0.4, -0.2) is 5.91 Å². The normalized spacial score (nSPS) is 10.3. The first-order valence-corrected chi connectivity index (χ1v) is 6.87. The Hall–Kier alpha value is -1.42. The number of halogens is 3. The molecule has 0 bridgehead atoms. The van der Waals surface area contributed by atoms with Crippen LogP contribution >= 0.6 is 34.8 Å². The molecule has 0 heterocycles. The highest BCUT2D eigenvalue weighted by molar-refractivity contribution is 6.34. The van der Waals surface area contributed by atoms with E-state index in [9.17, 15) is 4.79 Å². The van der Waals surface area contributed by atoms with Crippen molar-refractivity contribution in [3.05, 3.63) is 62.6 Å². The average molecular weight is 330 g/mol. The number of rotatable bonds is 4. The van der Waals surface area contributed by atoms with Crippen LogP contribution < -0.4 is 11.1 Å². The van der Waals surface area contributed by atoms with Crippen LogP contribution in [0.15, 0.2) is 36.4 Å². The van der Waals surface area contributed by atoms with Crippen LogP contribution in [0.1, 0.15) is 15.9 Å². The van der Waals surface area contributed by atoms with Gasteiger partial charge in [0.05, 0.1) is 10.7 Å². The van der Waals surface area contributed by atoms with Gasteiger partial charge < -0.3 is 11.1 Å². The van der Waals surface area contributed by atoms with Crippen molar-refractivity contribution in [3.8, 4) is 0 Å². The Morgan fingerprint density at radius 1 is 1.05 bits per heavy atom. The molecule has 0 saturated heterocycles. The molecule has 0 saturated carbocycles. The summed E-state index contributed by atoms with van der Waals surface area (Å²) in [4.78, 5) is 11.1. The molecule has 2 rings (SSSR count). The first-order valence-electron chi connectivity index (χ1n) is 5.74. The molecule has 104 valence electrons. The summed E-state index contributed by atoms with van der Waals surface area (Å²) in [7, 11) is 0. The maximum atomic E-state index is 11.1. The largest absolute Gasteiger partial charge is 0.380 e. The van der Waals surface area contributed by atoms with Crippen molar-refractivity contribution in [3.63, 3.8) is 0 Å². The van der Waals surface area contributed by atoms with Crippen molar-refractivity contribution in [2.45, 2.75) is 6.54 Å². The number of carbonyl (C=O) groups excluding carboxylic acids is 1. The Morgan fingerprint density at radius 3 is 2.30 bits per heavy atom. The van der Waals surface area contributed by atoms with Gasteiger partial charge in [0.15, 0.2) is 0 Å². The molecule has 0 atom stereocenters. The van der Waals surface area contributed by atoms with Crippen LogP contribution in [0.2, 0.25) is 15.1 Å². The molecule has 0 spiro atoms. The molecule has 0 aromatic heterocycles. The van der Waals surface area contributed by atoms with E-state index < -0.39 is 5.91 Å². The molecule has 0 radical (unpaired) electrons. The molecule has 0 fully saturated rings. The molecule has 2 aromatic rings. The van der Waals surface area contributed by atoms with Gasteiger partial charge in [0.25, 0.3) is 0 Å². The van der Waals surface area contributed by atoms with Gasteiger partial charge in [-0.2, -0.15) is 0 Å². The van der Waals surface area contributed by atoms with Gasteiger partial charge >= 0.3 is 0 Å². The maximum Gasteiger partial charge on any atom is 0.248 e. The Kier molecular flexibility index (Phi) is 4.76. The van der Waals surface area contributed by atoms with Crippen LogP contribution in [0.3, 0.4) is 0 Å². The second-order valence-electron chi connectivity index (χ2n) is 4.19. The third-order valence-electron chi connectivity index (χ3n) is 2.66. The zero-order chi connectivity index (χ0) is 14.7. The minimum absolute atomic E-state index is 0.390. The number of hydrogen-bond donors (Lipinski definition) is 2. The lowest BCUT2D eigenvalue weighted by Crippen LogP contribution is -2.11. The third-order valence-corrected chi connectivity index (χ3v) is 3.42. The number of anilines is 1. The number of primary amides is 1. The van der Waals surface area contributed by atoms with Crippen LogP contribution in [0.5, 0.6) is 0 Å². The second-order valence-corrected chi connectivity index (χ2v) is 5.47. The van der Waals surface area contributed by atoms with Crippen molar-refractivity contribution in [2.75, 3.05) is 5.32 Å². The molecule has 2 aromatic carbocycles. The molecule has 0 aliphatic heterocycles. The van der Waals surface area contributed by atoms with Crippen LogP contribution in [0.25, 0.3) is 0 Å². The molecule has 3 N–H and O–H groups in total. The van der Waals surface area contributed by atoms with Crippen molar-refractivity contribution >= 4 is 46.4 Å². The van der Waals surface area contributed by atoms with E-state index in [1.165, 1.54) is 0 Å². The number of amides is 1. The minimum Gasteiger partial charge on any atom is -0.380 e. The summed E-state index contributed by atoms with van der Waals surface area (Å²) < 4.78 is 0. The van der Waals surface area contributed by atoms with Gasteiger partial charge in [-0.05, 0) is 42.0 Å². The van der Waals surface area contributed by atoms with E-state index in [2.05, 4.69) is 5.32 Å². The minimum atomic E-state index is -0.504. The van der Waals surface area contributed by atoms with E-state index >= 15 is 0 Å². The zero-order valence-corrected chi connectivity index (χ0v) is 12.6. The quantitative estimate of drug-likeness (QED) is 0.875. The highest BCUT2D eigenvalue weighted by Crippen LogP contribution is 2.25. The summed E-state index contributed by atoms with van der Waals surface area (Å²) in [5.41, 5.74) is 7.15. The van der Waals surface area contributed by atoms with Crippen molar-refractivity contribution < 1.29 is 4.79 Å². The standard InChI is InChI=1S/C14H11Cl3N2O/c15-10-3-8(4-11(16)6-10)7-19-13-5-9(14(18)20)1-2-12(13)17/h1-6,19H,7H2,(H2,18,20). The first kappa shape index (κ1) is 15.0. The van der Waals surface area contributed by atoms with E-state index in [-0.39, 0.29) is 0 Å². The molecule has 0 unspecified atom stereocenters. The first-order chi connectivity index (χ1) is 9.45. The van der Waals surface area contributed by atoms with Gasteiger partial charge in [0.1, 0.15) is 0 Å². The van der Waals surface area contributed by atoms with Crippen LogP contribution in [0, 0.1) is 0 Å².